The van der Waals surface area contributed by atoms with E-state index in [1.807, 2.05) is 0 Å². The molecule has 0 aliphatic carbocycles. The summed E-state index contributed by atoms with van der Waals surface area (Å²) in [5.41, 5.74) is 0. The summed E-state index contributed by atoms with van der Waals surface area (Å²) in [6.07, 6.45) is 16.5. The lowest BCUT2D eigenvalue weighted by Gasteiger charge is -2.09. The molecule has 0 amide bonds. The summed E-state index contributed by atoms with van der Waals surface area (Å²) < 4.78 is 2.24. The molecule has 0 bridgehead atoms. The zero-order chi connectivity index (χ0) is 13.8. The Hall–Kier alpha value is -0.560. The van der Waals surface area contributed by atoms with Crippen LogP contribution in [0.5, 0.6) is 0 Å². The Kier molecular flexibility index (Phi) is 9.79. The second-order valence-electron chi connectivity index (χ2n) is 5.39. The Bertz CT molecular complexity index is 299. The zero-order valence-corrected chi connectivity index (χ0v) is 13.1. The van der Waals surface area contributed by atoms with Crippen molar-refractivity contribution in [3.8, 4) is 0 Å². The number of unbranched alkanes of at least 4 members (excludes halogenated alkanes) is 7. The van der Waals surface area contributed by atoms with Gasteiger partial charge in [-0.25, -0.2) is 4.57 Å². The highest BCUT2D eigenvalue weighted by atomic mass is 35.5. The Morgan fingerprint density at radius 2 is 1.42 bits per heavy atom. The maximum atomic E-state index is 6.08. The third-order valence-corrected chi connectivity index (χ3v) is 4.09. The molecule has 0 aliphatic rings. The van der Waals surface area contributed by atoms with Gasteiger partial charge >= 0.3 is 0 Å². The number of hydrogen-bond donors (Lipinski definition) is 0. The van der Waals surface area contributed by atoms with E-state index in [2.05, 4.69) is 42.1 Å². The highest BCUT2D eigenvalue weighted by molar-refractivity contribution is 6.18. The van der Waals surface area contributed by atoms with Gasteiger partial charge in [0.1, 0.15) is 0 Å². The molecule has 1 aromatic heterocycles. The number of nitrogens with zero attached hydrogens (tertiary/aromatic N) is 1. The van der Waals surface area contributed by atoms with E-state index in [1.54, 1.807) is 0 Å². The van der Waals surface area contributed by atoms with Crippen LogP contribution in [0.2, 0.25) is 0 Å². The normalized spacial score (nSPS) is 12.5. The molecule has 108 valence electrons. The third kappa shape index (κ3) is 7.57. The van der Waals surface area contributed by atoms with Crippen LogP contribution in [0.4, 0.5) is 0 Å². The molecule has 0 saturated heterocycles. The fraction of sp³-hybridized carbons (Fsp3) is 0.706. The van der Waals surface area contributed by atoms with E-state index >= 15 is 0 Å². The summed E-state index contributed by atoms with van der Waals surface area (Å²) in [6.45, 7) is 2.27. The Morgan fingerprint density at radius 3 is 2.00 bits per heavy atom. The summed E-state index contributed by atoms with van der Waals surface area (Å²) in [4.78, 5) is 0. The molecule has 0 spiro atoms. The summed E-state index contributed by atoms with van der Waals surface area (Å²) in [5, 5.41) is 0. The maximum absolute atomic E-state index is 6.08. The monoisotopic (exact) mass is 282 g/mol. The van der Waals surface area contributed by atoms with Gasteiger partial charge in [0.25, 0.3) is 0 Å². The van der Waals surface area contributed by atoms with Gasteiger partial charge in [-0.3, -0.25) is 0 Å². The molecule has 0 N–H and O–H groups in total. The third-order valence-electron chi connectivity index (χ3n) is 3.73. The lowest BCUT2D eigenvalue weighted by Crippen LogP contribution is -2.39. The van der Waals surface area contributed by atoms with Crippen LogP contribution in [0.15, 0.2) is 30.6 Å². The summed E-state index contributed by atoms with van der Waals surface area (Å²) >= 11 is 6.08. The molecule has 0 fully saturated rings. The second-order valence-corrected chi connectivity index (χ2v) is 5.70. The van der Waals surface area contributed by atoms with Crippen molar-refractivity contribution in [2.24, 2.45) is 0 Å². The van der Waals surface area contributed by atoms with Gasteiger partial charge < -0.3 is 0 Å². The van der Waals surface area contributed by atoms with Gasteiger partial charge in [-0.05, 0) is 6.42 Å². The Morgan fingerprint density at radius 1 is 0.842 bits per heavy atom. The van der Waals surface area contributed by atoms with Crippen LogP contribution in [-0.2, 0) is 0 Å². The number of hydrogen-bond acceptors (Lipinski definition) is 0. The molecule has 1 atom stereocenters. The molecule has 1 nitrogen and oxygen atoms in total. The molecular weight excluding hydrogens is 254 g/mol. The average Bonchev–Trinajstić information content (AvgIpc) is 2.47. The van der Waals surface area contributed by atoms with Gasteiger partial charge in [0.2, 0.25) is 0 Å². The van der Waals surface area contributed by atoms with Crippen LogP contribution in [0.3, 0.4) is 0 Å². The topological polar surface area (TPSA) is 3.88 Å². The van der Waals surface area contributed by atoms with E-state index in [9.17, 15) is 0 Å². The summed E-state index contributed by atoms with van der Waals surface area (Å²) in [5.74, 6) is 0.713. The molecule has 0 radical (unpaired) electrons. The van der Waals surface area contributed by atoms with E-state index in [0.717, 1.165) is 0 Å². The van der Waals surface area contributed by atoms with E-state index < -0.39 is 0 Å². The first kappa shape index (κ1) is 16.5. The molecule has 1 aromatic rings. The molecule has 0 aliphatic heterocycles. The predicted molar refractivity (Wildman–Crippen MR) is 83.6 cm³/mol. The fourth-order valence-corrected chi connectivity index (χ4v) is 2.79. The molecule has 1 unspecified atom stereocenters. The lowest BCUT2D eigenvalue weighted by atomic mass is 10.1. The first-order valence-electron chi connectivity index (χ1n) is 7.90. The number of alkyl halides is 1. The Balaban J connectivity index is 2.07. The highest BCUT2D eigenvalue weighted by Crippen LogP contribution is 2.14. The molecule has 0 saturated carbocycles. The quantitative estimate of drug-likeness (QED) is 0.295. The van der Waals surface area contributed by atoms with Gasteiger partial charge in [-0.1, -0.05) is 57.9 Å². The lowest BCUT2D eigenvalue weighted by molar-refractivity contribution is -0.719. The smallest absolute Gasteiger partial charge is 0.171 e. The van der Waals surface area contributed by atoms with E-state index in [4.69, 9.17) is 11.6 Å². The number of rotatable bonds is 11. The van der Waals surface area contributed by atoms with Crippen molar-refractivity contribution in [2.45, 2.75) is 70.8 Å². The minimum absolute atomic E-state index is 0.461. The van der Waals surface area contributed by atoms with Crippen LogP contribution in [0.1, 0.15) is 70.8 Å². The van der Waals surface area contributed by atoms with Crippen molar-refractivity contribution >= 4 is 11.6 Å². The van der Waals surface area contributed by atoms with Gasteiger partial charge in [0.05, 0.1) is 5.88 Å². The van der Waals surface area contributed by atoms with E-state index in [1.165, 1.54) is 57.8 Å². The van der Waals surface area contributed by atoms with Gasteiger partial charge in [0, 0.05) is 18.6 Å². The number of pyridine rings is 1. The van der Waals surface area contributed by atoms with Crippen LogP contribution in [-0.4, -0.2) is 5.88 Å². The van der Waals surface area contributed by atoms with E-state index in [-0.39, 0.29) is 0 Å². The SMILES string of the molecule is CCCCCCCCCCC(CCl)[n+]1ccccc1. The molecule has 2 heteroatoms. The van der Waals surface area contributed by atoms with E-state index in [0.29, 0.717) is 11.9 Å². The second kappa shape index (κ2) is 11.3. The van der Waals surface area contributed by atoms with Crippen molar-refractivity contribution in [2.75, 3.05) is 5.88 Å². The standard InChI is InChI=1S/C17H29ClN/c1-2-3-4-5-6-7-8-10-13-17(16-18)19-14-11-9-12-15-19/h9,11-12,14-15,17H,2-8,10,13,16H2,1H3/q+1. The Labute approximate surface area is 124 Å². The molecule has 1 heterocycles. The predicted octanol–water partition coefficient (Wildman–Crippen LogP) is 5.28. The van der Waals surface area contributed by atoms with Gasteiger partial charge in [0.15, 0.2) is 18.4 Å². The summed E-state index contributed by atoms with van der Waals surface area (Å²) in [6, 6.07) is 6.67. The molecule has 1 rings (SSSR count). The first-order chi connectivity index (χ1) is 9.38. The van der Waals surface area contributed by atoms with Crippen molar-refractivity contribution in [1.82, 2.24) is 0 Å². The maximum Gasteiger partial charge on any atom is 0.171 e. The highest BCUT2D eigenvalue weighted by Gasteiger charge is 2.15. The zero-order valence-electron chi connectivity index (χ0n) is 12.4. The minimum Gasteiger partial charge on any atom is -0.201 e. The first-order valence-corrected chi connectivity index (χ1v) is 8.43. The summed E-state index contributed by atoms with van der Waals surface area (Å²) in [7, 11) is 0. The fourth-order valence-electron chi connectivity index (χ4n) is 2.48. The van der Waals surface area contributed by atoms with Crippen LogP contribution in [0, 0.1) is 0 Å². The number of halogens is 1. The molecular formula is C17H29ClN+. The van der Waals surface area contributed by atoms with Crippen LogP contribution >= 0.6 is 11.6 Å². The van der Waals surface area contributed by atoms with Crippen molar-refractivity contribution in [1.29, 1.82) is 0 Å². The van der Waals surface area contributed by atoms with Crippen LogP contribution in [0.25, 0.3) is 0 Å². The van der Waals surface area contributed by atoms with Gasteiger partial charge in [-0.2, -0.15) is 0 Å². The average molecular weight is 283 g/mol. The number of aromatic nitrogens is 1. The van der Waals surface area contributed by atoms with Crippen molar-refractivity contribution in [3.63, 3.8) is 0 Å². The van der Waals surface area contributed by atoms with Crippen LogP contribution < -0.4 is 4.57 Å². The molecule has 19 heavy (non-hydrogen) atoms. The van der Waals surface area contributed by atoms with Gasteiger partial charge in [-0.15, -0.1) is 11.6 Å². The largest absolute Gasteiger partial charge is 0.201 e. The molecule has 0 aromatic carbocycles. The minimum atomic E-state index is 0.461. The van der Waals surface area contributed by atoms with Crippen molar-refractivity contribution < 1.29 is 4.57 Å². The van der Waals surface area contributed by atoms with Crippen molar-refractivity contribution in [3.05, 3.63) is 30.6 Å².